The molecule has 0 bridgehead atoms. The Balaban J connectivity index is 1.93. The number of carbonyl (C=O) groups excluding carboxylic acids is 2. The summed E-state index contributed by atoms with van der Waals surface area (Å²) in [7, 11) is -2.67. The Hall–Kier alpha value is -3.35. The molecular formula is C20H21N3O8S. The van der Waals surface area contributed by atoms with Gasteiger partial charge in [0.05, 0.1) is 35.7 Å². The number of sulfonamides is 1. The van der Waals surface area contributed by atoms with E-state index >= 15 is 0 Å². The van der Waals surface area contributed by atoms with E-state index in [1.807, 2.05) is 0 Å². The van der Waals surface area contributed by atoms with Crippen molar-refractivity contribution in [3.8, 4) is 0 Å². The van der Waals surface area contributed by atoms with Crippen LogP contribution in [0.1, 0.15) is 26.3 Å². The first-order chi connectivity index (χ1) is 15.1. The summed E-state index contributed by atoms with van der Waals surface area (Å²) in [6, 6.07) is 7.51. The van der Waals surface area contributed by atoms with Crippen LogP contribution in [0.4, 0.5) is 11.4 Å². The van der Waals surface area contributed by atoms with Gasteiger partial charge in [0.15, 0.2) is 0 Å². The fraction of sp³-hybridized carbons (Fsp3) is 0.300. The van der Waals surface area contributed by atoms with Crippen molar-refractivity contribution >= 4 is 33.3 Å². The number of benzene rings is 2. The van der Waals surface area contributed by atoms with Gasteiger partial charge < -0.3 is 14.8 Å². The fourth-order valence-electron chi connectivity index (χ4n) is 3.11. The Morgan fingerprint density at radius 1 is 1.12 bits per heavy atom. The summed E-state index contributed by atoms with van der Waals surface area (Å²) >= 11 is 0. The number of morpholine rings is 1. The summed E-state index contributed by atoms with van der Waals surface area (Å²) in [5, 5.41) is 13.8. The summed E-state index contributed by atoms with van der Waals surface area (Å²) < 4.78 is 36.9. The zero-order chi connectivity index (χ0) is 23.5. The van der Waals surface area contributed by atoms with Crippen LogP contribution in [0.15, 0.2) is 41.3 Å². The maximum atomic E-state index is 12.9. The van der Waals surface area contributed by atoms with E-state index in [1.54, 1.807) is 13.0 Å². The van der Waals surface area contributed by atoms with Gasteiger partial charge in [0.1, 0.15) is 0 Å². The highest BCUT2D eigenvalue weighted by Gasteiger charge is 2.27. The summed E-state index contributed by atoms with van der Waals surface area (Å²) in [6.45, 7) is 2.71. The number of nitro groups is 1. The highest BCUT2D eigenvalue weighted by Crippen LogP contribution is 2.25. The number of nitro benzene ring substituents is 1. The molecule has 32 heavy (non-hydrogen) atoms. The van der Waals surface area contributed by atoms with Crippen molar-refractivity contribution in [3.05, 3.63) is 63.2 Å². The molecular weight excluding hydrogens is 442 g/mol. The maximum absolute atomic E-state index is 12.9. The van der Waals surface area contributed by atoms with Gasteiger partial charge in [-0.2, -0.15) is 4.31 Å². The van der Waals surface area contributed by atoms with Gasteiger partial charge in [-0.05, 0) is 30.7 Å². The SMILES string of the molecule is COC(=O)c1cc(C(=O)Nc2cc(S(=O)(=O)N3CCOCC3)ccc2C)cc([N+](=O)[O-])c1. The number of carbonyl (C=O) groups is 2. The zero-order valence-corrected chi connectivity index (χ0v) is 18.2. The van der Waals surface area contributed by atoms with Crippen LogP contribution in [0.5, 0.6) is 0 Å². The summed E-state index contributed by atoms with van der Waals surface area (Å²) in [5.41, 5.74) is 0.0273. The lowest BCUT2D eigenvalue weighted by molar-refractivity contribution is -0.384. The van der Waals surface area contributed by atoms with Crippen molar-refractivity contribution in [1.82, 2.24) is 4.31 Å². The van der Waals surface area contributed by atoms with E-state index in [2.05, 4.69) is 10.1 Å². The zero-order valence-electron chi connectivity index (χ0n) is 17.4. The maximum Gasteiger partial charge on any atom is 0.338 e. The second-order valence-corrected chi connectivity index (χ2v) is 8.90. The molecule has 170 valence electrons. The molecule has 11 nitrogen and oxygen atoms in total. The number of methoxy groups -OCH3 is 1. The fourth-order valence-corrected chi connectivity index (χ4v) is 4.54. The van der Waals surface area contributed by atoms with E-state index in [0.717, 1.165) is 25.3 Å². The number of nitrogens with one attached hydrogen (secondary N) is 1. The summed E-state index contributed by atoms with van der Waals surface area (Å²) in [6.07, 6.45) is 0. The number of esters is 1. The molecule has 1 N–H and O–H groups in total. The average Bonchev–Trinajstić information content (AvgIpc) is 2.79. The van der Waals surface area contributed by atoms with Crippen LogP contribution < -0.4 is 5.32 Å². The highest BCUT2D eigenvalue weighted by molar-refractivity contribution is 7.89. The Bertz CT molecular complexity index is 1170. The van der Waals surface area contributed by atoms with Crippen LogP contribution in [0.25, 0.3) is 0 Å². The molecule has 0 aliphatic carbocycles. The van der Waals surface area contributed by atoms with Gasteiger partial charge in [0, 0.05) is 36.5 Å². The minimum atomic E-state index is -3.79. The lowest BCUT2D eigenvalue weighted by Crippen LogP contribution is -2.40. The van der Waals surface area contributed by atoms with Crippen molar-refractivity contribution in [2.45, 2.75) is 11.8 Å². The number of aryl methyl sites for hydroxylation is 1. The topological polar surface area (TPSA) is 145 Å². The number of hydrogen-bond donors (Lipinski definition) is 1. The smallest absolute Gasteiger partial charge is 0.338 e. The Kier molecular flexibility index (Phi) is 6.87. The molecule has 0 unspecified atom stereocenters. The van der Waals surface area contributed by atoms with Crippen molar-refractivity contribution in [2.75, 3.05) is 38.7 Å². The Labute approximate surface area is 184 Å². The second-order valence-electron chi connectivity index (χ2n) is 6.96. The van der Waals surface area contributed by atoms with Crippen LogP contribution in [0.2, 0.25) is 0 Å². The third kappa shape index (κ3) is 4.93. The van der Waals surface area contributed by atoms with Crippen molar-refractivity contribution in [3.63, 3.8) is 0 Å². The molecule has 0 spiro atoms. The molecule has 2 aromatic carbocycles. The van der Waals surface area contributed by atoms with E-state index in [0.29, 0.717) is 18.8 Å². The first-order valence-corrected chi connectivity index (χ1v) is 10.9. The highest BCUT2D eigenvalue weighted by atomic mass is 32.2. The van der Waals surface area contributed by atoms with Crippen molar-refractivity contribution in [1.29, 1.82) is 0 Å². The molecule has 1 aliphatic rings. The molecule has 0 atom stereocenters. The van der Waals surface area contributed by atoms with Gasteiger partial charge in [0.25, 0.3) is 11.6 Å². The standard InChI is InChI=1S/C20H21N3O8S/c1-13-3-4-17(32(28,29)22-5-7-31-8-6-22)12-18(13)21-19(24)14-9-15(20(25)30-2)11-16(10-14)23(26)27/h3-4,9-12H,5-8H2,1-2H3,(H,21,24). The molecule has 1 fully saturated rings. The second kappa shape index (κ2) is 9.42. The molecule has 12 heteroatoms. The molecule has 1 heterocycles. The van der Waals surface area contributed by atoms with Crippen molar-refractivity contribution < 1.29 is 32.4 Å². The summed E-state index contributed by atoms with van der Waals surface area (Å²) in [4.78, 5) is 35.1. The molecule has 1 aliphatic heterocycles. The molecule has 0 saturated carbocycles. The monoisotopic (exact) mass is 463 g/mol. The van der Waals surface area contributed by atoms with Gasteiger partial charge in [0.2, 0.25) is 10.0 Å². The molecule has 2 aromatic rings. The third-order valence-electron chi connectivity index (χ3n) is 4.88. The van der Waals surface area contributed by atoms with E-state index in [-0.39, 0.29) is 34.8 Å². The normalized spacial score (nSPS) is 14.6. The van der Waals surface area contributed by atoms with Gasteiger partial charge in [-0.1, -0.05) is 6.07 Å². The number of nitrogens with zero attached hydrogens (tertiary/aromatic N) is 2. The summed E-state index contributed by atoms with van der Waals surface area (Å²) in [5.74, 6) is -1.58. The molecule has 0 radical (unpaired) electrons. The minimum absolute atomic E-state index is 0.00501. The van der Waals surface area contributed by atoms with Crippen LogP contribution in [0.3, 0.4) is 0 Å². The van der Waals surface area contributed by atoms with Crippen LogP contribution in [0, 0.1) is 17.0 Å². The van der Waals surface area contributed by atoms with Crippen LogP contribution >= 0.6 is 0 Å². The van der Waals surface area contributed by atoms with Gasteiger partial charge >= 0.3 is 5.97 Å². The number of amides is 1. The molecule has 0 aromatic heterocycles. The van der Waals surface area contributed by atoms with E-state index in [1.165, 1.54) is 16.4 Å². The predicted octanol–water partition coefficient (Wildman–Crippen LogP) is 1.96. The average molecular weight is 463 g/mol. The predicted molar refractivity (Wildman–Crippen MR) is 113 cm³/mol. The first-order valence-electron chi connectivity index (χ1n) is 9.51. The largest absolute Gasteiger partial charge is 0.465 e. The van der Waals surface area contributed by atoms with Gasteiger partial charge in [-0.3, -0.25) is 14.9 Å². The number of ether oxygens (including phenoxy) is 2. The van der Waals surface area contributed by atoms with Crippen LogP contribution in [-0.2, 0) is 19.5 Å². The van der Waals surface area contributed by atoms with Gasteiger partial charge in [-0.15, -0.1) is 0 Å². The molecule has 3 rings (SSSR count). The van der Waals surface area contributed by atoms with Gasteiger partial charge in [-0.25, -0.2) is 13.2 Å². The Morgan fingerprint density at radius 3 is 2.41 bits per heavy atom. The lowest BCUT2D eigenvalue weighted by atomic mass is 10.1. The molecule has 1 saturated heterocycles. The molecule has 1 amide bonds. The lowest BCUT2D eigenvalue weighted by Gasteiger charge is -2.26. The number of rotatable bonds is 6. The number of hydrogen-bond acceptors (Lipinski definition) is 8. The number of anilines is 1. The minimum Gasteiger partial charge on any atom is -0.465 e. The quantitative estimate of drug-likeness (QED) is 0.389. The Morgan fingerprint density at radius 2 is 1.78 bits per heavy atom. The van der Waals surface area contributed by atoms with Crippen molar-refractivity contribution in [2.24, 2.45) is 0 Å². The number of non-ortho nitro benzene ring substituents is 1. The van der Waals surface area contributed by atoms with E-state index in [4.69, 9.17) is 4.74 Å². The van der Waals surface area contributed by atoms with E-state index < -0.39 is 32.5 Å². The first kappa shape index (κ1) is 23.3. The third-order valence-corrected chi connectivity index (χ3v) is 6.77. The van der Waals surface area contributed by atoms with Crippen LogP contribution in [-0.4, -0.2) is 62.9 Å². The van der Waals surface area contributed by atoms with E-state index in [9.17, 15) is 28.1 Å².